The summed E-state index contributed by atoms with van der Waals surface area (Å²) in [6, 6.07) is 13.2. The Kier molecular flexibility index (Phi) is 6.01. The second-order valence-corrected chi connectivity index (χ2v) is 5.66. The molecule has 0 aliphatic heterocycles. The first kappa shape index (κ1) is 19.1. The first-order valence-electron chi connectivity index (χ1n) is 8.09. The van der Waals surface area contributed by atoms with Gasteiger partial charge in [0.15, 0.2) is 11.6 Å². The van der Waals surface area contributed by atoms with Gasteiger partial charge in [0, 0.05) is 12.1 Å². The molecular weight excluding hydrogens is 372 g/mol. The molecule has 3 rings (SSSR count). The summed E-state index contributed by atoms with van der Waals surface area (Å²) in [6.45, 7) is 0. The number of nitrogens with one attached hydrogen (secondary N) is 2. The highest BCUT2D eigenvalue weighted by Crippen LogP contribution is 2.15. The van der Waals surface area contributed by atoms with Crippen LogP contribution in [-0.2, 0) is 0 Å². The first-order valence-corrected chi connectivity index (χ1v) is 8.09. The summed E-state index contributed by atoms with van der Waals surface area (Å²) >= 11 is 0. The van der Waals surface area contributed by atoms with Crippen LogP contribution in [0.4, 0.5) is 28.9 Å². The summed E-state index contributed by atoms with van der Waals surface area (Å²) in [4.78, 5) is 0. The number of halogens is 4. The predicted octanol–water partition coefficient (Wildman–Crippen LogP) is 5.14. The molecule has 4 nitrogen and oxygen atoms in total. The van der Waals surface area contributed by atoms with Crippen LogP contribution in [-0.4, -0.2) is 12.4 Å². The normalized spacial score (nSPS) is 11.3. The smallest absolute Gasteiger partial charge is 0.151 e. The van der Waals surface area contributed by atoms with Gasteiger partial charge in [0.25, 0.3) is 0 Å². The van der Waals surface area contributed by atoms with Crippen molar-refractivity contribution < 1.29 is 17.6 Å². The van der Waals surface area contributed by atoms with Crippen molar-refractivity contribution in [3.8, 4) is 0 Å². The van der Waals surface area contributed by atoms with Gasteiger partial charge in [0.1, 0.15) is 11.6 Å². The molecule has 0 spiro atoms. The van der Waals surface area contributed by atoms with E-state index in [1.165, 1.54) is 24.6 Å². The SMILES string of the molecule is Fc1ccc(N/N=C\c2ccc(/C=N\Nc3ccc(F)cc3F)cc2)c(F)c1. The van der Waals surface area contributed by atoms with Crippen LogP contribution >= 0.6 is 0 Å². The van der Waals surface area contributed by atoms with Gasteiger partial charge >= 0.3 is 0 Å². The van der Waals surface area contributed by atoms with Gasteiger partial charge in [-0.05, 0) is 35.4 Å². The fourth-order valence-electron chi connectivity index (χ4n) is 2.18. The van der Waals surface area contributed by atoms with Gasteiger partial charge in [-0.15, -0.1) is 0 Å². The zero-order chi connectivity index (χ0) is 19.9. The molecule has 0 aromatic heterocycles. The van der Waals surface area contributed by atoms with Crippen LogP contribution in [0.25, 0.3) is 0 Å². The minimum Gasteiger partial charge on any atom is -0.276 e. The summed E-state index contributed by atoms with van der Waals surface area (Å²) in [6.07, 6.45) is 2.94. The van der Waals surface area contributed by atoms with Crippen molar-refractivity contribution in [3.63, 3.8) is 0 Å². The fraction of sp³-hybridized carbons (Fsp3) is 0. The van der Waals surface area contributed by atoms with Crippen molar-refractivity contribution in [3.05, 3.63) is 95.1 Å². The highest BCUT2D eigenvalue weighted by molar-refractivity contribution is 5.84. The molecule has 0 radical (unpaired) electrons. The summed E-state index contributed by atoms with van der Waals surface area (Å²) in [5.74, 6) is -2.82. The molecule has 0 aliphatic rings. The third kappa shape index (κ3) is 5.16. The molecule has 0 saturated carbocycles. The minimum atomic E-state index is -0.742. The Morgan fingerprint density at radius 1 is 0.571 bits per heavy atom. The third-order valence-electron chi connectivity index (χ3n) is 3.60. The summed E-state index contributed by atoms with van der Waals surface area (Å²) in [5, 5.41) is 7.79. The van der Waals surface area contributed by atoms with Crippen molar-refractivity contribution in [2.75, 3.05) is 10.9 Å². The monoisotopic (exact) mass is 386 g/mol. The molecule has 2 N–H and O–H groups in total. The molecule has 0 heterocycles. The highest BCUT2D eigenvalue weighted by Gasteiger charge is 2.02. The Labute approximate surface area is 158 Å². The Balaban J connectivity index is 1.57. The molecule has 0 amide bonds. The van der Waals surface area contributed by atoms with E-state index in [0.717, 1.165) is 35.4 Å². The predicted molar refractivity (Wildman–Crippen MR) is 102 cm³/mol. The Morgan fingerprint density at radius 3 is 1.32 bits per heavy atom. The molecule has 0 atom stereocenters. The van der Waals surface area contributed by atoms with Crippen molar-refractivity contribution >= 4 is 23.8 Å². The van der Waals surface area contributed by atoms with E-state index in [1.807, 2.05) is 0 Å². The van der Waals surface area contributed by atoms with Gasteiger partial charge in [-0.1, -0.05) is 24.3 Å². The lowest BCUT2D eigenvalue weighted by atomic mass is 10.2. The van der Waals surface area contributed by atoms with Gasteiger partial charge in [-0.25, -0.2) is 17.6 Å². The molecule has 3 aromatic rings. The molecule has 0 unspecified atom stereocenters. The number of hydrogen-bond donors (Lipinski definition) is 2. The summed E-state index contributed by atoms with van der Waals surface area (Å²) in [7, 11) is 0. The lowest BCUT2D eigenvalue weighted by Crippen LogP contribution is -1.95. The molecule has 0 fully saturated rings. The highest BCUT2D eigenvalue weighted by atomic mass is 19.1. The molecule has 3 aromatic carbocycles. The van der Waals surface area contributed by atoms with E-state index < -0.39 is 23.3 Å². The van der Waals surface area contributed by atoms with Crippen molar-refractivity contribution in [2.45, 2.75) is 0 Å². The number of hydrazone groups is 2. The molecule has 8 heteroatoms. The molecule has 142 valence electrons. The van der Waals surface area contributed by atoms with Crippen LogP contribution in [0, 0.1) is 23.3 Å². The van der Waals surface area contributed by atoms with Crippen molar-refractivity contribution in [1.29, 1.82) is 0 Å². The van der Waals surface area contributed by atoms with Gasteiger partial charge < -0.3 is 0 Å². The Morgan fingerprint density at radius 2 is 0.964 bits per heavy atom. The lowest BCUT2D eigenvalue weighted by Gasteiger charge is -2.02. The van der Waals surface area contributed by atoms with E-state index in [0.29, 0.717) is 0 Å². The fourth-order valence-corrected chi connectivity index (χ4v) is 2.18. The topological polar surface area (TPSA) is 48.8 Å². The van der Waals surface area contributed by atoms with E-state index in [4.69, 9.17) is 0 Å². The zero-order valence-electron chi connectivity index (χ0n) is 14.3. The molecule has 0 aliphatic carbocycles. The largest absolute Gasteiger partial charge is 0.276 e. The van der Waals surface area contributed by atoms with E-state index in [1.54, 1.807) is 24.3 Å². The lowest BCUT2D eigenvalue weighted by molar-refractivity contribution is 0.584. The standard InChI is InChI=1S/C20H14F4N4/c21-15-5-7-19(17(23)9-15)27-25-11-13-1-2-14(4-3-13)12-26-28-20-8-6-16(22)10-18(20)24/h1-12,27-28H/b25-11-,26-12-. The zero-order valence-corrected chi connectivity index (χ0v) is 14.3. The van der Waals surface area contributed by atoms with Crippen LogP contribution in [0.1, 0.15) is 11.1 Å². The summed E-state index contributed by atoms with van der Waals surface area (Å²) < 4.78 is 52.6. The van der Waals surface area contributed by atoms with Crippen LogP contribution in [0.3, 0.4) is 0 Å². The van der Waals surface area contributed by atoms with Crippen LogP contribution in [0.2, 0.25) is 0 Å². The maximum absolute atomic E-state index is 13.5. The van der Waals surface area contributed by atoms with Crippen molar-refractivity contribution in [1.82, 2.24) is 0 Å². The van der Waals surface area contributed by atoms with Gasteiger partial charge in [0.05, 0.1) is 23.8 Å². The average Bonchev–Trinajstić information content (AvgIpc) is 2.66. The second-order valence-electron chi connectivity index (χ2n) is 5.66. The molecule has 28 heavy (non-hydrogen) atoms. The quantitative estimate of drug-likeness (QED) is 0.350. The third-order valence-corrected chi connectivity index (χ3v) is 3.60. The van der Waals surface area contributed by atoms with E-state index in [-0.39, 0.29) is 11.4 Å². The van der Waals surface area contributed by atoms with Crippen LogP contribution < -0.4 is 10.9 Å². The number of anilines is 2. The minimum absolute atomic E-state index is 0.0560. The number of hydrogen-bond acceptors (Lipinski definition) is 4. The van der Waals surface area contributed by atoms with E-state index >= 15 is 0 Å². The van der Waals surface area contributed by atoms with Gasteiger partial charge in [-0.3, -0.25) is 10.9 Å². The van der Waals surface area contributed by atoms with Gasteiger partial charge in [-0.2, -0.15) is 10.2 Å². The number of rotatable bonds is 6. The Bertz CT molecular complexity index is 935. The molecule has 0 saturated heterocycles. The molecule has 0 bridgehead atoms. The average molecular weight is 386 g/mol. The van der Waals surface area contributed by atoms with Crippen LogP contribution in [0.15, 0.2) is 70.9 Å². The maximum Gasteiger partial charge on any atom is 0.151 e. The first-order chi connectivity index (χ1) is 13.5. The van der Waals surface area contributed by atoms with Gasteiger partial charge in [0.2, 0.25) is 0 Å². The van der Waals surface area contributed by atoms with E-state index in [2.05, 4.69) is 21.1 Å². The second kappa shape index (κ2) is 8.81. The Hall–Kier alpha value is -3.68. The molecular formula is C20H14F4N4. The number of nitrogens with zero attached hydrogens (tertiary/aromatic N) is 2. The number of benzene rings is 3. The van der Waals surface area contributed by atoms with Crippen molar-refractivity contribution in [2.24, 2.45) is 10.2 Å². The maximum atomic E-state index is 13.5. The summed E-state index contributed by atoms with van der Waals surface area (Å²) in [5.41, 5.74) is 6.55. The van der Waals surface area contributed by atoms with Crippen LogP contribution in [0.5, 0.6) is 0 Å². The van der Waals surface area contributed by atoms with E-state index in [9.17, 15) is 17.6 Å².